The molecule has 1 saturated heterocycles. The van der Waals surface area contributed by atoms with E-state index in [1.807, 2.05) is 31.2 Å². The van der Waals surface area contributed by atoms with Crippen molar-refractivity contribution in [3.8, 4) is 5.75 Å². The molecular formula is C24H33N5O3. The van der Waals surface area contributed by atoms with E-state index in [-0.39, 0.29) is 11.9 Å². The van der Waals surface area contributed by atoms with Crippen LogP contribution in [0.15, 0.2) is 30.5 Å². The summed E-state index contributed by atoms with van der Waals surface area (Å²) in [5.41, 5.74) is 1.76. The Morgan fingerprint density at radius 3 is 3.00 bits per heavy atom. The molecule has 2 N–H and O–H groups in total. The van der Waals surface area contributed by atoms with Crippen molar-refractivity contribution in [2.24, 2.45) is 5.92 Å². The van der Waals surface area contributed by atoms with E-state index >= 15 is 0 Å². The Balaban J connectivity index is 1.56. The van der Waals surface area contributed by atoms with Gasteiger partial charge in [0.15, 0.2) is 0 Å². The molecule has 3 heterocycles. The van der Waals surface area contributed by atoms with E-state index in [2.05, 4.69) is 20.6 Å². The molecule has 0 spiro atoms. The number of anilines is 2. The third-order valence-electron chi connectivity index (χ3n) is 6.11. The van der Waals surface area contributed by atoms with Gasteiger partial charge in [0.05, 0.1) is 13.2 Å². The lowest BCUT2D eigenvalue weighted by molar-refractivity contribution is 0.0984. The summed E-state index contributed by atoms with van der Waals surface area (Å²) in [5.74, 6) is 2.56. The molecule has 0 saturated carbocycles. The molecule has 172 valence electrons. The van der Waals surface area contributed by atoms with Gasteiger partial charge >= 0.3 is 0 Å². The zero-order chi connectivity index (χ0) is 22.3. The summed E-state index contributed by atoms with van der Waals surface area (Å²) in [6, 6.07) is 7.59. The van der Waals surface area contributed by atoms with Crippen molar-refractivity contribution >= 4 is 17.7 Å². The number of carbonyl (C=O) groups is 1. The van der Waals surface area contributed by atoms with Gasteiger partial charge in [-0.3, -0.25) is 9.69 Å². The highest BCUT2D eigenvalue weighted by molar-refractivity contribution is 6.05. The van der Waals surface area contributed by atoms with E-state index in [1.165, 1.54) is 0 Å². The molecule has 4 rings (SSSR count). The normalized spacial score (nSPS) is 16.8. The van der Waals surface area contributed by atoms with Gasteiger partial charge in [-0.1, -0.05) is 0 Å². The monoisotopic (exact) mass is 439 g/mol. The first-order chi connectivity index (χ1) is 15.6. The maximum atomic E-state index is 13.6. The molecule has 1 amide bonds. The fraction of sp³-hybridized carbons (Fsp3) is 0.542. The van der Waals surface area contributed by atoms with Gasteiger partial charge in [-0.2, -0.15) is 4.98 Å². The number of ether oxygens (including phenoxy) is 2. The number of rotatable bonds is 9. The van der Waals surface area contributed by atoms with Crippen LogP contribution in [-0.2, 0) is 11.2 Å². The van der Waals surface area contributed by atoms with Gasteiger partial charge in [0, 0.05) is 37.9 Å². The minimum Gasteiger partial charge on any atom is -0.493 e. The van der Waals surface area contributed by atoms with Crippen LogP contribution in [-0.4, -0.2) is 61.9 Å². The Hall–Kier alpha value is -2.71. The van der Waals surface area contributed by atoms with Gasteiger partial charge in [0.1, 0.15) is 11.6 Å². The topological polar surface area (TPSA) is 88.6 Å². The molecule has 2 aromatic rings. The number of aromatic nitrogens is 2. The van der Waals surface area contributed by atoms with Gasteiger partial charge in [-0.25, -0.2) is 4.98 Å². The van der Waals surface area contributed by atoms with E-state index in [0.717, 1.165) is 50.1 Å². The molecule has 1 aromatic heterocycles. The summed E-state index contributed by atoms with van der Waals surface area (Å²) in [6.07, 6.45) is 5.77. The lowest BCUT2D eigenvalue weighted by Gasteiger charge is -2.27. The predicted octanol–water partition coefficient (Wildman–Crippen LogP) is 2.89. The predicted molar refractivity (Wildman–Crippen MR) is 125 cm³/mol. The second kappa shape index (κ2) is 10.7. The standard InChI is InChI=1S/C24H33N5O3/c1-17(16-31-2)27-24-26-12-7-22(28-24)29(13-8-18-5-10-25-11-6-18)23(30)20-3-4-21-19(15-20)9-14-32-21/h3-4,7,12,15,17-18,25H,5-6,8-11,13-14,16H2,1-2H3,(H,26,27,28)/t17-/m0/s1. The highest BCUT2D eigenvalue weighted by atomic mass is 16.5. The van der Waals surface area contributed by atoms with Crippen molar-refractivity contribution in [2.45, 2.75) is 38.6 Å². The summed E-state index contributed by atoms with van der Waals surface area (Å²) < 4.78 is 10.8. The minimum absolute atomic E-state index is 0.0387. The van der Waals surface area contributed by atoms with Crippen LogP contribution >= 0.6 is 0 Å². The lowest BCUT2D eigenvalue weighted by Crippen LogP contribution is -2.36. The molecule has 0 unspecified atom stereocenters. The average Bonchev–Trinajstić information content (AvgIpc) is 3.28. The van der Waals surface area contributed by atoms with Crippen molar-refractivity contribution < 1.29 is 14.3 Å². The van der Waals surface area contributed by atoms with E-state index in [1.54, 1.807) is 18.2 Å². The molecule has 1 aromatic carbocycles. The van der Waals surface area contributed by atoms with Crippen molar-refractivity contribution in [1.82, 2.24) is 15.3 Å². The number of fused-ring (bicyclic) bond motifs is 1. The summed E-state index contributed by atoms with van der Waals surface area (Å²) in [6.45, 7) is 5.94. The van der Waals surface area contributed by atoms with Crippen LogP contribution in [0.4, 0.5) is 11.8 Å². The quantitative estimate of drug-likeness (QED) is 0.621. The molecule has 2 aliphatic rings. The van der Waals surface area contributed by atoms with E-state index in [0.29, 0.717) is 43.0 Å². The largest absolute Gasteiger partial charge is 0.493 e. The molecule has 0 bridgehead atoms. The van der Waals surface area contributed by atoms with Gasteiger partial charge in [-0.05, 0) is 75.0 Å². The second-order valence-electron chi connectivity index (χ2n) is 8.60. The molecule has 0 radical (unpaired) electrons. The Morgan fingerprint density at radius 1 is 1.34 bits per heavy atom. The summed E-state index contributed by atoms with van der Waals surface area (Å²) >= 11 is 0. The number of amides is 1. The van der Waals surface area contributed by atoms with Crippen molar-refractivity contribution in [3.05, 3.63) is 41.6 Å². The smallest absolute Gasteiger partial charge is 0.259 e. The van der Waals surface area contributed by atoms with Crippen LogP contribution in [0.3, 0.4) is 0 Å². The first kappa shape index (κ1) is 22.5. The Bertz CT molecular complexity index is 916. The van der Waals surface area contributed by atoms with Crippen LogP contribution in [0.25, 0.3) is 0 Å². The summed E-state index contributed by atoms with van der Waals surface area (Å²) in [4.78, 5) is 24.4. The first-order valence-electron chi connectivity index (χ1n) is 11.5. The second-order valence-corrected chi connectivity index (χ2v) is 8.60. The minimum atomic E-state index is -0.0387. The van der Waals surface area contributed by atoms with Crippen molar-refractivity contribution in [3.63, 3.8) is 0 Å². The maximum absolute atomic E-state index is 13.6. The molecule has 8 heteroatoms. The number of benzene rings is 1. The Kier molecular flexibility index (Phi) is 7.55. The first-order valence-corrected chi connectivity index (χ1v) is 11.5. The highest BCUT2D eigenvalue weighted by Crippen LogP contribution is 2.28. The third kappa shape index (κ3) is 5.55. The molecule has 8 nitrogen and oxygen atoms in total. The molecule has 1 fully saturated rings. The molecule has 32 heavy (non-hydrogen) atoms. The number of piperidine rings is 1. The fourth-order valence-corrected chi connectivity index (χ4v) is 4.36. The fourth-order valence-electron chi connectivity index (χ4n) is 4.36. The molecule has 2 aliphatic heterocycles. The Labute approximate surface area is 189 Å². The van der Waals surface area contributed by atoms with Crippen molar-refractivity contribution in [2.75, 3.05) is 50.2 Å². The van der Waals surface area contributed by atoms with Crippen LogP contribution in [0.2, 0.25) is 0 Å². The molecule has 1 atom stereocenters. The zero-order valence-corrected chi connectivity index (χ0v) is 19.0. The summed E-state index contributed by atoms with van der Waals surface area (Å²) in [7, 11) is 1.66. The van der Waals surface area contributed by atoms with Gasteiger partial charge in [0.25, 0.3) is 5.91 Å². The number of nitrogens with one attached hydrogen (secondary N) is 2. The Morgan fingerprint density at radius 2 is 2.19 bits per heavy atom. The zero-order valence-electron chi connectivity index (χ0n) is 19.0. The molecular weight excluding hydrogens is 406 g/mol. The highest BCUT2D eigenvalue weighted by Gasteiger charge is 2.24. The number of hydrogen-bond donors (Lipinski definition) is 2. The summed E-state index contributed by atoms with van der Waals surface area (Å²) in [5, 5.41) is 6.66. The van der Waals surface area contributed by atoms with Gasteiger partial charge < -0.3 is 20.1 Å². The van der Waals surface area contributed by atoms with E-state index < -0.39 is 0 Å². The van der Waals surface area contributed by atoms with Crippen LogP contribution in [0, 0.1) is 5.92 Å². The van der Waals surface area contributed by atoms with E-state index in [9.17, 15) is 4.79 Å². The lowest BCUT2D eigenvalue weighted by atomic mass is 9.94. The number of carbonyl (C=O) groups excluding carboxylic acids is 1. The maximum Gasteiger partial charge on any atom is 0.259 e. The van der Waals surface area contributed by atoms with Crippen LogP contribution in [0.1, 0.15) is 42.1 Å². The average molecular weight is 440 g/mol. The SMILES string of the molecule is COC[C@H](C)Nc1nccc(N(CCC2CCNCC2)C(=O)c2ccc3c(c2)CCO3)n1. The van der Waals surface area contributed by atoms with Crippen LogP contribution < -0.4 is 20.3 Å². The third-order valence-corrected chi connectivity index (χ3v) is 6.11. The van der Waals surface area contributed by atoms with Gasteiger partial charge in [0.2, 0.25) is 5.95 Å². The van der Waals surface area contributed by atoms with Crippen molar-refractivity contribution in [1.29, 1.82) is 0 Å². The van der Waals surface area contributed by atoms with Crippen LogP contribution in [0.5, 0.6) is 5.75 Å². The van der Waals surface area contributed by atoms with E-state index in [4.69, 9.17) is 9.47 Å². The molecule has 0 aliphatic carbocycles. The van der Waals surface area contributed by atoms with Gasteiger partial charge in [-0.15, -0.1) is 0 Å². The number of methoxy groups -OCH3 is 1. The number of nitrogens with zero attached hydrogens (tertiary/aromatic N) is 3. The number of hydrogen-bond acceptors (Lipinski definition) is 7.